The second-order valence-corrected chi connectivity index (χ2v) is 7.35. The van der Waals surface area contributed by atoms with E-state index in [1.54, 1.807) is 7.11 Å². The number of carbonyl (C=O) groups excluding carboxylic acids is 1. The average molecular weight is 353 g/mol. The van der Waals surface area contributed by atoms with Crippen molar-refractivity contribution in [2.45, 2.75) is 38.8 Å². The van der Waals surface area contributed by atoms with E-state index in [1.165, 1.54) is 18.5 Å². The number of piperazine rings is 1. The number of amides is 1. The number of para-hydroxylation sites is 1. The zero-order valence-corrected chi connectivity index (χ0v) is 15.8. The molecule has 2 aliphatic rings. The SMILES string of the molecule is COc1ccccc1C1CNCCN1C(=O)c1cc(C)n(C2CC2)c1C. The molecule has 2 heterocycles. The van der Waals surface area contributed by atoms with E-state index in [0.717, 1.165) is 35.7 Å². The van der Waals surface area contributed by atoms with E-state index >= 15 is 0 Å². The van der Waals surface area contributed by atoms with Crippen molar-refractivity contribution < 1.29 is 9.53 Å². The van der Waals surface area contributed by atoms with E-state index < -0.39 is 0 Å². The summed E-state index contributed by atoms with van der Waals surface area (Å²) in [4.78, 5) is 15.5. The lowest BCUT2D eigenvalue weighted by Crippen LogP contribution is -2.48. The molecule has 1 saturated heterocycles. The molecular weight excluding hydrogens is 326 g/mol. The molecule has 0 radical (unpaired) electrons. The normalized spacial score (nSPS) is 20.3. The molecule has 1 atom stereocenters. The van der Waals surface area contributed by atoms with Gasteiger partial charge in [-0.05, 0) is 38.8 Å². The van der Waals surface area contributed by atoms with E-state index in [0.29, 0.717) is 12.6 Å². The van der Waals surface area contributed by atoms with E-state index in [2.05, 4.69) is 35.9 Å². The maximum absolute atomic E-state index is 13.5. The van der Waals surface area contributed by atoms with Crippen LogP contribution in [0.1, 0.15) is 52.2 Å². The van der Waals surface area contributed by atoms with Crippen LogP contribution >= 0.6 is 0 Å². The van der Waals surface area contributed by atoms with Gasteiger partial charge in [0.25, 0.3) is 5.91 Å². The van der Waals surface area contributed by atoms with Crippen molar-refractivity contribution in [1.82, 2.24) is 14.8 Å². The van der Waals surface area contributed by atoms with Crippen LogP contribution < -0.4 is 10.1 Å². The topological polar surface area (TPSA) is 46.5 Å². The van der Waals surface area contributed by atoms with Crippen molar-refractivity contribution in [2.75, 3.05) is 26.7 Å². The van der Waals surface area contributed by atoms with Crippen LogP contribution in [-0.2, 0) is 0 Å². The fourth-order valence-corrected chi connectivity index (χ4v) is 4.21. The van der Waals surface area contributed by atoms with Crippen LogP contribution in [0, 0.1) is 13.8 Å². The predicted octanol–water partition coefficient (Wildman–Crippen LogP) is 3.24. The number of nitrogens with one attached hydrogen (secondary N) is 1. The van der Waals surface area contributed by atoms with Crippen LogP contribution in [0.25, 0.3) is 0 Å². The molecule has 1 aromatic heterocycles. The number of rotatable bonds is 4. The lowest BCUT2D eigenvalue weighted by Gasteiger charge is -2.37. The van der Waals surface area contributed by atoms with Gasteiger partial charge in [0.15, 0.2) is 0 Å². The molecule has 5 heteroatoms. The Morgan fingerprint density at radius 3 is 2.73 bits per heavy atom. The van der Waals surface area contributed by atoms with E-state index in [-0.39, 0.29) is 11.9 Å². The summed E-state index contributed by atoms with van der Waals surface area (Å²) in [6.45, 7) is 6.46. The molecule has 2 aromatic rings. The third-order valence-electron chi connectivity index (χ3n) is 5.63. The van der Waals surface area contributed by atoms with Gasteiger partial charge in [-0.2, -0.15) is 0 Å². The fourth-order valence-electron chi connectivity index (χ4n) is 4.21. The molecule has 1 aliphatic carbocycles. The summed E-state index contributed by atoms with van der Waals surface area (Å²) in [7, 11) is 1.69. The first-order chi connectivity index (χ1) is 12.6. The van der Waals surface area contributed by atoms with E-state index in [4.69, 9.17) is 4.74 Å². The minimum absolute atomic E-state index is 0.0172. The fraction of sp³-hybridized carbons (Fsp3) is 0.476. The lowest BCUT2D eigenvalue weighted by molar-refractivity contribution is 0.0631. The summed E-state index contributed by atoms with van der Waals surface area (Å²) < 4.78 is 7.89. The van der Waals surface area contributed by atoms with Crippen LogP contribution in [-0.4, -0.2) is 42.1 Å². The van der Waals surface area contributed by atoms with Gasteiger partial charge in [-0.15, -0.1) is 0 Å². The number of hydrogen-bond donors (Lipinski definition) is 1. The van der Waals surface area contributed by atoms with Crippen molar-refractivity contribution in [3.05, 3.63) is 52.8 Å². The van der Waals surface area contributed by atoms with Crippen LogP contribution in [0.4, 0.5) is 0 Å². The first-order valence-corrected chi connectivity index (χ1v) is 9.45. The molecule has 1 saturated carbocycles. The third kappa shape index (κ3) is 2.90. The molecule has 2 fully saturated rings. The molecule has 0 bridgehead atoms. The molecule has 138 valence electrons. The Bertz CT molecular complexity index is 823. The number of methoxy groups -OCH3 is 1. The van der Waals surface area contributed by atoms with Crippen LogP contribution in [0.15, 0.2) is 30.3 Å². The molecule has 1 unspecified atom stereocenters. The molecule has 1 amide bonds. The average Bonchev–Trinajstić information content (AvgIpc) is 3.46. The van der Waals surface area contributed by atoms with Crippen LogP contribution in [0.5, 0.6) is 5.75 Å². The van der Waals surface area contributed by atoms with Gasteiger partial charge in [-0.3, -0.25) is 4.79 Å². The molecule has 5 nitrogen and oxygen atoms in total. The second kappa shape index (κ2) is 6.80. The summed E-state index contributed by atoms with van der Waals surface area (Å²) in [5.41, 5.74) is 4.20. The number of hydrogen-bond acceptors (Lipinski definition) is 3. The van der Waals surface area contributed by atoms with Crippen molar-refractivity contribution in [1.29, 1.82) is 0 Å². The third-order valence-corrected chi connectivity index (χ3v) is 5.63. The smallest absolute Gasteiger partial charge is 0.256 e. The van der Waals surface area contributed by atoms with Crippen LogP contribution in [0.3, 0.4) is 0 Å². The number of nitrogens with zero attached hydrogens (tertiary/aromatic N) is 2. The quantitative estimate of drug-likeness (QED) is 0.918. The van der Waals surface area contributed by atoms with Gasteiger partial charge in [0, 0.05) is 42.6 Å². The first-order valence-electron chi connectivity index (χ1n) is 9.45. The van der Waals surface area contributed by atoms with E-state index in [9.17, 15) is 4.79 Å². The number of aromatic nitrogens is 1. The molecule has 1 aromatic carbocycles. The maximum atomic E-state index is 13.5. The molecule has 1 N–H and O–H groups in total. The summed E-state index contributed by atoms with van der Waals surface area (Å²) in [5.74, 6) is 0.963. The molecule has 0 spiro atoms. The van der Waals surface area contributed by atoms with Gasteiger partial charge in [0.1, 0.15) is 5.75 Å². The summed E-state index contributed by atoms with van der Waals surface area (Å²) in [6, 6.07) is 10.6. The van der Waals surface area contributed by atoms with Crippen molar-refractivity contribution >= 4 is 5.91 Å². The number of ether oxygens (including phenoxy) is 1. The highest BCUT2D eigenvalue weighted by atomic mass is 16.5. The maximum Gasteiger partial charge on any atom is 0.256 e. The zero-order chi connectivity index (χ0) is 18.3. The van der Waals surface area contributed by atoms with Crippen molar-refractivity contribution in [3.63, 3.8) is 0 Å². The Hall–Kier alpha value is -2.27. The highest BCUT2D eigenvalue weighted by molar-refractivity contribution is 5.96. The Morgan fingerprint density at radius 2 is 2.00 bits per heavy atom. The number of aryl methyl sites for hydroxylation is 1. The highest BCUT2D eigenvalue weighted by Gasteiger charge is 2.34. The minimum atomic E-state index is -0.0172. The Kier molecular flexibility index (Phi) is 4.49. The molecular formula is C21H27N3O2. The molecule has 4 rings (SSSR count). The van der Waals surface area contributed by atoms with Crippen molar-refractivity contribution in [2.24, 2.45) is 0 Å². The van der Waals surface area contributed by atoms with Gasteiger partial charge in [0.2, 0.25) is 0 Å². The summed E-state index contributed by atoms with van der Waals surface area (Å²) >= 11 is 0. The molecule has 1 aliphatic heterocycles. The number of benzene rings is 1. The van der Waals surface area contributed by atoms with E-state index in [1.807, 2.05) is 23.1 Å². The van der Waals surface area contributed by atoms with Gasteiger partial charge in [-0.1, -0.05) is 18.2 Å². The monoisotopic (exact) mass is 353 g/mol. The van der Waals surface area contributed by atoms with Crippen LogP contribution in [0.2, 0.25) is 0 Å². The van der Waals surface area contributed by atoms with Gasteiger partial charge < -0.3 is 19.5 Å². The molecule has 26 heavy (non-hydrogen) atoms. The zero-order valence-electron chi connectivity index (χ0n) is 15.8. The minimum Gasteiger partial charge on any atom is -0.496 e. The largest absolute Gasteiger partial charge is 0.496 e. The highest BCUT2D eigenvalue weighted by Crippen LogP contribution is 2.39. The van der Waals surface area contributed by atoms with Gasteiger partial charge in [-0.25, -0.2) is 0 Å². The summed E-state index contributed by atoms with van der Waals surface area (Å²) in [6.07, 6.45) is 2.45. The van der Waals surface area contributed by atoms with Gasteiger partial charge in [0.05, 0.1) is 18.7 Å². The Morgan fingerprint density at radius 1 is 1.23 bits per heavy atom. The Labute approximate surface area is 154 Å². The second-order valence-electron chi connectivity index (χ2n) is 7.35. The Balaban J connectivity index is 1.68. The van der Waals surface area contributed by atoms with Crippen molar-refractivity contribution in [3.8, 4) is 5.75 Å². The predicted molar refractivity (Wildman–Crippen MR) is 102 cm³/mol. The van der Waals surface area contributed by atoms with Gasteiger partial charge >= 0.3 is 0 Å². The number of carbonyl (C=O) groups is 1. The standard InChI is InChI=1S/C21H27N3O2/c1-14-12-18(15(2)24(14)16-8-9-16)21(25)23-11-10-22-13-19(23)17-6-4-5-7-20(17)26-3/h4-7,12,16,19,22H,8-11,13H2,1-3H3. The first kappa shape index (κ1) is 17.2. The lowest BCUT2D eigenvalue weighted by atomic mass is 10.0. The summed E-state index contributed by atoms with van der Waals surface area (Å²) in [5, 5.41) is 3.43.